The average molecular weight is 403 g/mol. The number of rotatable bonds is 7. The lowest BCUT2D eigenvalue weighted by molar-refractivity contribution is -0.127. The fourth-order valence-electron chi connectivity index (χ4n) is 4.31. The molecule has 0 unspecified atom stereocenters. The summed E-state index contributed by atoms with van der Waals surface area (Å²) in [6.45, 7) is 0.724. The Kier molecular flexibility index (Phi) is 6.60. The molecule has 4 N–H and O–H groups in total. The summed E-state index contributed by atoms with van der Waals surface area (Å²) in [6, 6.07) is 22.3. The molecule has 1 atom stereocenters. The van der Waals surface area contributed by atoms with Crippen LogP contribution in [0, 0.1) is 11.8 Å². The number of aromatic nitrogens is 2. The number of hydrogen-bond acceptors (Lipinski definition) is 3. The molecule has 1 amide bonds. The van der Waals surface area contributed by atoms with Crippen LogP contribution in [-0.4, -0.2) is 22.6 Å². The monoisotopic (exact) mass is 402 g/mol. The number of nitrogens with one attached hydrogen (secondary N) is 2. The van der Waals surface area contributed by atoms with Crippen molar-refractivity contribution in [2.45, 2.75) is 38.1 Å². The fraction of sp³-hybridized carbons (Fsp3) is 0.360. The predicted molar refractivity (Wildman–Crippen MR) is 120 cm³/mol. The van der Waals surface area contributed by atoms with Crippen LogP contribution in [0.4, 0.5) is 0 Å². The maximum absolute atomic E-state index is 13.1. The maximum Gasteiger partial charge on any atom is 0.223 e. The second kappa shape index (κ2) is 9.72. The molecule has 0 saturated heterocycles. The van der Waals surface area contributed by atoms with Gasteiger partial charge in [-0.05, 0) is 56.2 Å². The normalized spacial score (nSPS) is 19.9. The van der Waals surface area contributed by atoms with Crippen LogP contribution in [-0.2, 0) is 11.2 Å². The molecular formula is C25H30N4O. The Balaban J connectivity index is 1.51. The molecule has 1 aromatic heterocycles. The van der Waals surface area contributed by atoms with E-state index >= 15 is 0 Å². The summed E-state index contributed by atoms with van der Waals surface area (Å²) in [5.74, 6) is 0.778. The first kappa shape index (κ1) is 20.4. The molecule has 1 saturated carbocycles. The van der Waals surface area contributed by atoms with E-state index in [0.717, 1.165) is 55.6 Å². The highest BCUT2D eigenvalue weighted by Gasteiger charge is 2.28. The lowest BCUT2D eigenvalue weighted by Gasteiger charge is -2.28. The van der Waals surface area contributed by atoms with Crippen molar-refractivity contribution >= 4 is 5.91 Å². The molecule has 0 radical (unpaired) electrons. The Morgan fingerprint density at radius 1 is 1.03 bits per heavy atom. The maximum atomic E-state index is 13.1. The van der Waals surface area contributed by atoms with Gasteiger partial charge >= 0.3 is 0 Å². The van der Waals surface area contributed by atoms with Crippen molar-refractivity contribution in [1.82, 2.24) is 15.5 Å². The van der Waals surface area contributed by atoms with Gasteiger partial charge in [0.25, 0.3) is 0 Å². The SMILES string of the molecule is NCC1CCC(C(=O)N[C@@H](Cc2ccccc2)c2cc(-c3ccccc3)n[nH]2)CC1. The van der Waals surface area contributed by atoms with Crippen LogP contribution in [0.5, 0.6) is 0 Å². The van der Waals surface area contributed by atoms with Gasteiger partial charge in [0, 0.05) is 11.5 Å². The first-order valence-electron chi connectivity index (χ1n) is 10.9. The molecule has 1 aliphatic rings. The van der Waals surface area contributed by atoms with Crippen molar-refractivity contribution in [2.24, 2.45) is 17.6 Å². The van der Waals surface area contributed by atoms with Crippen molar-refractivity contribution in [3.8, 4) is 11.3 Å². The van der Waals surface area contributed by atoms with Gasteiger partial charge in [-0.15, -0.1) is 0 Å². The number of nitrogens with zero attached hydrogens (tertiary/aromatic N) is 1. The zero-order valence-corrected chi connectivity index (χ0v) is 17.3. The number of benzene rings is 2. The summed E-state index contributed by atoms with van der Waals surface area (Å²) in [6.07, 6.45) is 4.65. The molecular weight excluding hydrogens is 372 g/mol. The summed E-state index contributed by atoms with van der Waals surface area (Å²) in [5, 5.41) is 11.0. The Bertz CT molecular complexity index is 930. The van der Waals surface area contributed by atoms with Gasteiger partial charge in [0.1, 0.15) is 0 Å². The number of nitrogens with two attached hydrogens (primary N) is 1. The number of amides is 1. The molecule has 3 aromatic rings. The van der Waals surface area contributed by atoms with Crippen molar-refractivity contribution in [3.63, 3.8) is 0 Å². The Hall–Kier alpha value is -2.92. The van der Waals surface area contributed by atoms with E-state index in [9.17, 15) is 4.79 Å². The van der Waals surface area contributed by atoms with Crippen molar-refractivity contribution in [2.75, 3.05) is 6.54 Å². The highest BCUT2D eigenvalue weighted by molar-refractivity contribution is 5.79. The lowest BCUT2D eigenvalue weighted by atomic mass is 9.81. The summed E-state index contributed by atoms with van der Waals surface area (Å²) < 4.78 is 0. The number of aromatic amines is 1. The van der Waals surface area contributed by atoms with Crippen LogP contribution in [0.15, 0.2) is 66.7 Å². The minimum Gasteiger partial charge on any atom is -0.347 e. The van der Waals surface area contributed by atoms with E-state index in [0.29, 0.717) is 5.92 Å². The van der Waals surface area contributed by atoms with Gasteiger partial charge in [0.05, 0.1) is 17.4 Å². The quantitative estimate of drug-likeness (QED) is 0.553. The number of hydrogen-bond donors (Lipinski definition) is 3. The molecule has 1 fully saturated rings. The van der Waals surface area contributed by atoms with E-state index in [1.807, 2.05) is 48.5 Å². The lowest BCUT2D eigenvalue weighted by Crippen LogP contribution is -2.37. The Morgan fingerprint density at radius 2 is 1.70 bits per heavy atom. The van der Waals surface area contributed by atoms with Gasteiger partial charge in [-0.3, -0.25) is 9.89 Å². The van der Waals surface area contributed by atoms with Gasteiger partial charge in [0.15, 0.2) is 0 Å². The predicted octanol–water partition coefficient (Wildman–Crippen LogP) is 4.24. The largest absolute Gasteiger partial charge is 0.347 e. The summed E-state index contributed by atoms with van der Waals surface area (Å²) >= 11 is 0. The fourth-order valence-corrected chi connectivity index (χ4v) is 4.31. The summed E-state index contributed by atoms with van der Waals surface area (Å²) in [7, 11) is 0. The number of carbonyl (C=O) groups is 1. The molecule has 0 bridgehead atoms. The van der Waals surface area contributed by atoms with E-state index < -0.39 is 0 Å². The zero-order chi connectivity index (χ0) is 20.8. The van der Waals surface area contributed by atoms with E-state index in [-0.39, 0.29) is 17.9 Å². The van der Waals surface area contributed by atoms with E-state index in [4.69, 9.17) is 5.73 Å². The van der Waals surface area contributed by atoms with Crippen LogP contribution in [0.25, 0.3) is 11.3 Å². The van der Waals surface area contributed by atoms with Crippen LogP contribution in [0.1, 0.15) is 43.0 Å². The summed E-state index contributed by atoms with van der Waals surface area (Å²) in [5.41, 5.74) is 9.87. The molecule has 1 heterocycles. The molecule has 1 aliphatic carbocycles. The first-order chi connectivity index (χ1) is 14.7. The highest BCUT2D eigenvalue weighted by atomic mass is 16.1. The number of H-pyrrole nitrogens is 1. The van der Waals surface area contributed by atoms with Crippen LogP contribution >= 0.6 is 0 Å². The molecule has 5 nitrogen and oxygen atoms in total. The minimum atomic E-state index is -0.142. The first-order valence-corrected chi connectivity index (χ1v) is 10.9. The van der Waals surface area contributed by atoms with Crippen molar-refractivity contribution in [1.29, 1.82) is 0 Å². The average Bonchev–Trinajstić information content (AvgIpc) is 3.30. The van der Waals surface area contributed by atoms with Crippen LogP contribution < -0.4 is 11.1 Å². The van der Waals surface area contributed by atoms with Gasteiger partial charge in [0.2, 0.25) is 5.91 Å². The smallest absolute Gasteiger partial charge is 0.223 e. The highest BCUT2D eigenvalue weighted by Crippen LogP contribution is 2.29. The van der Waals surface area contributed by atoms with E-state index in [1.165, 1.54) is 5.56 Å². The Labute approximate surface area is 178 Å². The molecule has 156 valence electrons. The second-order valence-electron chi connectivity index (χ2n) is 8.28. The molecule has 4 rings (SSSR count). The van der Waals surface area contributed by atoms with Crippen molar-refractivity contribution in [3.05, 3.63) is 78.0 Å². The van der Waals surface area contributed by atoms with Gasteiger partial charge in [-0.2, -0.15) is 5.10 Å². The van der Waals surface area contributed by atoms with Crippen LogP contribution in [0.3, 0.4) is 0 Å². The topological polar surface area (TPSA) is 83.8 Å². The van der Waals surface area contributed by atoms with E-state index in [2.05, 4.69) is 33.7 Å². The van der Waals surface area contributed by atoms with E-state index in [1.54, 1.807) is 0 Å². The zero-order valence-electron chi connectivity index (χ0n) is 17.3. The Morgan fingerprint density at radius 3 is 2.37 bits per heavy atom. The van der Waals surface area contributed by atoms with Gasteiger partial charge < -0.3 is 11.1 Å². The van der Waals surface area contributed by atoms with Gasteiger partial charge in [-0.1, -0.05) is 60.7 Å². The third-order valence-corrected chi connectivity index (χ3v) is 6.19. The molecule has 5 heteroatoms. The van der Waals surface area contributed by atoms with Gasteiger partial charge in [-0.25, -0.2) is 0 Å². The molecule has 0 spiro atoms. The molecule has 30 heavy (non-hydrogen) atoms. The second-order valence-corrected chi connectivity index (χ2v) is 8.28. The third kappa shape index (κ3) is 4.97. The third-order valence-electron chi connectivity index (χ3n) is 6.19. The summed E-state index contributed by atoms with van der Waals surface area (Å²) in [4.78, 5) is 13.1. The number of carbonyl (C=O) groups excluding carboxylic acids is 1. The van der Waals surface area contributed by atoms with Crippen LogP contribution in [0.2, 0.25) is 0 Å². The minimum absolute atomic E-state index is 0.0718. The standard InChI is InChI=1S/C25H30N4O/c26-17-19-11-13-21(14-12-19)25(30)27-23(15-18-7-3-1-4-8-18)24-16-22(28-29-24)20-9-5-2-6-10-20/h1-10,16,19,21,23H,11-15,17,26H2,(H,27,30)(H,28,29)/t19?,21?,23-/m0/s1. The van der Waals surface area contributed by atoms with Crippen molar-refractivity contribution < 1.29 is 4.79 Å². The molecule has 2 aromatic carbocycles. The molecule has 0 aliphatic heterocycles.